The largest absolute Gasteiger partial charge is 0.478 e. The number of nitrogens with one attached hydrogen (secondary N) is 4. The molecule has 26 heteroatoms. The Morgan fingerprint density at radius 2 is 1.16 bits per heavy atom. The second-order valence-electron chi connectivity index (χ2n) is 25.5. The topological polar surface area (TPSA) is 302 Å². The van der Waals surface area contributed by atoms with Crippen LogP contribution in [-0.2, 0) is 20.0 Å². The number of carbonyl (C=O) groups excluding carboxylic acids is 1. The van der Waals surface area contributed by atoms with Crippen molar-refractivity contribution in [1.82, 2.24) is 49.5 Å². The second-order valence-corrected chi connectivity index (χ2v) is 29.3. The van der Waals surface area contributed by atoms with Crippen LogP contribution in [-0.4, -0.2) is 112 Å². The molecule has 7 heterocycles. The minimum absolute atomic E-state index is 0.0346. The van der Waals surface area contributed by atoms with Crippen molar-refractivity contribution in [3.8, 4) is 23.4 Å². The number of anilines is 2. The van der Waals surface area contributed by atoms with E-state index in [0.29, 0.717) is 77.0 Å². The molecule has 6 aromatic heterocycles. The van der Waals surface area contributed by atoms with Gasteiger partial charge in [-0.15, -0.1) is 10.2 Å². The molecule has 1 amide bonds. The molecule has 7 N–H and O–H groups in total. The molecule has 6 aromatic rings. The summed E-state index contributed by atoms with van der Waals surface area (Å²) in [5.74, 6) is 2.20. The van der Waals surface area contributed by atoms with Crippen molar-refractivity contribution in [3.05, 3.63) is 107 Å². The van der Waals surface area contributed by atoms with Crippen molar-refractivity contribution in [2.75, 3.05) is 43.5 Å². The van der Waals surface area contributed by atoms with E-state index in [9.17, 15) is 26.4 Å². The third kappa shape index (κ3) is 20.6. The number of amides is 1. The molecule has 2 unspecified atom stereocenters. The molecular weight excluding hydrogens is 1190 g/mol. The van der Waals surface area contributed by atoms with Gasteiger partial charge in [0, 0.05) is 43.2 Å². The number of nitrogens with two attached hydrogens (primary N) is 1. The lowest BCUT2D eigenvalue weighted by molar-refractivity contribution is 0.0696. The van der Waals surface area contributed by atoms with Gasteiger partial charge in [-0.2, -0.15) is 8.42 Å². The van der Waals surface area contributed by atoms with Gasteiger partial charge in [0.25, 0.3) is 26.0 Å². The summed E-state index contributed by atoms with van der Waals surface area (Å²) in [6.07, 6.45) is 22.3. The van der Waals surface area contributed by atoms with Gasteiger partial charge >= 0.3 is 5.97 Å². The first kappa shape index (κ1) is 66.5. The Morgan fingerprint density at radius 1 is 0.655 bits per heavy atom. The van der Waals surface area contributed by atoms with E-state index in [1.165, 1.54) is 97.5 Å². The van der Waals surface area contributed by atoms with Gasteiger partial charge in [0.1, 0.15) is 21.9 Å². The Bertz CT molecular complexity index is 3560. The minimum atomic E-state index is -4.26. The average molecular weight is 1280 g/mol. The SMILES string of the molecule is CC1(C)CCC(CCCNc2cccc(S(N)(=O)=O)n2)C1.CC1(CCCOc2ccn(-c3ccc(C(=O)NS(=O)(=O)c4cccc(NCCCC5CNC(C)(C)C5)n4)c(Cl)n3)n2)CC1.CC1(CCCOc2ccn(-c3ccc(C(=O)O)c(Cl)n3)n2)CC1. The number of sulfonamides is 2. The first-order chi connectivity index (χ1) is 41.1. The monoisotopic (exact) mass is 1280 g/mol. The number of carboxylic acids is 1. The number of carbonyl (C=O) groups is 2. The zero-order valence-electron chi connectivity index (χ0n) is 50.5. The van der Waals surface area contributed by atoms with Gasteiger partial charge in [0.2, 0.25) is 11.8 Å². The number of pyridine rings is 4. The molecule has 10 rings (SSSR count). The summed E-state index contributed by atoms with van der Waals surface area (Å²) in [4.78, 5) is 40.3. The third-order valence-electron chi connectivity index (χ3n) is 16.5. The van der Waals surface area contributed by atoms with Crippen molar-refractivity contribution in [2.24, 2.45) is 33.2 Å². The Balaban J connectivity index is 0.000000187. The number of nitrogens with zero attached hydrogens (tertiary/aromatic N) is 8. The Kier molecular flexibility index (Phi) is 22.0. The van der Waals surface area contributed by atoms with Gasteiger partial charge in [0.05, 0.1) is 24.3 Å². The molecule has 4 aliphatic rings. The van der Waals surface area contributed by atoms with E-state index >= 15 is 0 Å². The zero-order valence-corrected chi connectivity index (χ0v) is 53.7. The van der Waals surface area contributed by atoms with Gasteiger partial charge in [-0.05, 0) is 200 Å². The Hall–Kier alpha value is -6.44. The highest BCUT2D eigenvalue weighted by Gasteiger charge is 2.37. The number of hydrogen-bond donors (Lipinski definition) is 6. The molecule has 0 spiro atoms. The molecule has 0 aromatic carbocycles. The van der Waals surface area contributed by atoms with E-state index in [1.807, 2.05) is 4.72 Å². The molecule has 1 saturated heterocycles. The second kappa shape index (κ2) is 28.8. The van der Waals surface area contributed by atoms with Crippen LogP contribution in [0.1, 0.15) is 165 Å². The molecule has 1 aliphatic heterocycles. The first-order valence-corrected chi connectivity index (χ1v) is 33.6. The van der Waals surface area contributed by atoms with Crippen LogP contribution in [0.5, 0.6) is 11.8 Å². The normalized spacial score (nSPS) is 18.5. The molecule has 3 aliphatic carbocycles. The summed E-state index contributed by atoms with van der Waals surface area (Å²) in [7, 11) is -7.99. The van der Waals surface area contributed by atoms with E-state index in [0.717, 1.165) is 64.0 Å². The van der Waals surface area contributed by atoms with Crippen LogP contribution in [0, 0.1) is 28.1 Å². The Labute approximate surface area is 521 Å². The predicted molar refractivity (Wildman–Crippen MR) is 335 cm³/mol. The van der Waals surface area contributed by atoms with Gasteiger partial charge in [-0.25, -0.2) is 52.4 Å². The maximum Gasteiger partial charge on any atom is 0.338 e. The lowest BCUT2D eigenvalue weighted by Gasteiger charge is -2.17. The van der Waals surface area contributed by atoms with Gasteiger partial charge < -0.3 is 30.5 Å². The summed E-state index contributed by atoms with van der Waals surface area (Å²) < 4.78 is 64.9. The highest BCUT2D eigenvalue weighted by Crippen LogP contribution is 2.49. The van der Waals surface area contributed by atoms with Crippen molar-refractivity contribution < 1.29 is 41.0 Å². The quantitative estimate of drug-likeness (QED) is 0.0206. The summed E-state index contributed by atoms with van der Waals surface area (Å²) in [6.45, 7) is 17.4. The average Bonchev–Trinajstić information content (AvgIpc) is 3.10. The van der Waals surface area contributed by atoms with Crippen LogP contribution in [0.3, 0.4) is 0 Å². The number of ether oxygens (including phenoxy) is 2. The van der Waals surface area contributed by atoms with Gasteiger partial charge in [-0.1, -0.05) is 63.0 Å². The molecule has 2 atom stereocenters. The zero-order chi connectivity index (χ0) is 62.6. The van der Waals surface area contributed by atoms with E-state index in [4.69, 9.17) is 42.9 Å². The van der Waals surface area contributed by atoms with E-state index in [2.05, 4.69) is 87.6 Å². The lowest BCUT2D eigenvalue weighted by atomic mass is 9.89. The molecule has 0 radical (unpaired) electrons. The molecule has 3 saturated carbocycles. The highest BCUT2D eigenvalue weighted by atomic mass is 35.5. The molecular formula is C61H83Cl2N13O9S2. The van der Waals surface area contributed by atoms with Gasteiger partial charge in [-0.3, -0.25) is 4.79 Å². The van der Waals surface area contributed by atoms with Gasteiger partial charge in [0.15, 0.2) is 21.7 Å². The maximum atomic E-state index is 13.0. The van der Waals surface area contributed by atoms with Crippen molar-refractivity contribution >= 4 is 66.8 Å². The van der Waals surface area contributed by atoms with E-state index < -0.39 is 31.9 Å². The molecule has 22 nitrogen and oxygen atoms in total. The van der Waals surface area contributed by atoms with Crippen LogP contribution in [0.15, 0.2) is 95.2 Å². The van der Waals surface area contributed by atoms with Crippen molar-refractivity contribution in [1.29, 1.82) is 0 Å². The number of aromatic carboxylic acids is 1. The fraction of sp³-hybridized carbons (Fsp3) is 0.541. The number of rotatable bonds is 27. The number of halogens is 2. The van der Waals surface area contributed by atoms with Crippen molar-refractivity contribution in [2.45, 2.75) is 160 Å². The van der Waals surface area contributed by atoms with E-state index in [1.54, 1.807) is 54.9 Å². The van der Waals surface area contributed by atoms with Crippen molar-refractivity contribution in [3.63, 3.8) is 0 Å². The maximum absolute atomic E-state index is 13.0. The number of primary sulfonamides is 1. The van der Waals surface area contributed by atoms with Crippen LogP contribution >= 0.6 is 23.2 Å². The minimum Gasteiger partial charge on any atom is -0.478 e. The standard InChI is InChI=1S/C30H40ClN7O4S.C16H18ClN3O3.C15H25N3O2S/c1-29(2)19-21(20-33-29)7-5-16-32-23-8-4-9-26(34-23)43(40,41)37-28(39)22-10-11-24(35-27(22)31)38-17-12-25(36-38)42-18-6-13-30(3)14-15-30;1-16(7-8-16)6-2-10-23-13-5-9-20(19-13)12-4-3-11(15(21)22)14(17)18-12;1-15(2)9-8-12(11-15)5-4-10-17-13-6-3-7-14(18-13)21(16,19)20/h4,8-12,17,21,33H,5-7,13-16,18-20H2,1-3H3,(H,32,34)(H,37,39);3-5,9H,2,6-8,10H2,1H3,(H,21,22);3,6-7,12H,4-5,8-11H2,1-2H3,(H,17,18)(H2,16,19,20). The Morgan fingerprint density at radius 3 is 1.62 bits per heavy atom. The summed E-state index contributed by atoms with van der Waals surface area (Å²) >= 11 is 12.2. The summed E-state index contributed by atoms with van der Waals surface area (Å²) in [5, 5.41) is 31.9. The summed E-state index contributed by atoms with van der Waals surface area (Å²) in [5.41, 5.74) is 1.58. The highest BCUT2D eigenvalue weighted by molar-refractivity contribution is 7.90. The van der Waals surface area contributed by atoms with Crippen LogP contribution in [0.4, 0.5) is 11.6 Å². The lowest BCUT2D eigenvalue weighted by Crippen LogP contribution is -2.31. The van der Waals surface area contributed by atoms with Crippen LogP contribution in [0.25, 0.3) is 11.6 Å². The molecule has 0 bridgehead atoms. The van der Waals surface area contributed by atoms with Crippen LogP contribution < -0.4 is 35.3 Å². The predicted octanol–water partition coefficient (Wildman–Crippen LogP) is 11.3. The molecule has 87 heavy (non-hydrogen) atoms. The number of carboxylic acid groups (broad SMARTS) is 1. The first-order valence-electron chi connectivity index (χ1n) is 29.9. The summed E-state index contributed by atoms with van der Waals surface area (Å²) in [6, 6.07) is 18.8. The smallest absolute Gasteiger partial charge is 0.338 e. The fourth-order valence-electron chi connectivity index (χ4n) is 10.8. The molecule has 4 fully saturated rings. The number of hydrogen-bond acceptors (Lipinski definition) is 17. The van der Waals surface area contributed by atoms with Crippen LogP contribution in [0.2, 0.25) is 10.3 Å². The fourth-order valence-corrected chi connectivity index (χ4v) is 12.7. The number of aromatic nitrogens is 8. The van der Waals surface area contributed by atoms with E-state index in [-0.39, 0.29) is 37.0 Å². The third-order valence-corrected chi connectivity index (χ3v) is 19.1. The molecule has 472 valence electrons.